The fraction of sp³-hybridized carbons (Fsp3) is 0.600. The topological polar surface area (TPSA) is 125 Å². The van der Waals surface area contributed by atoms with Gasteiger partial charge in [-0.15, -0.1) is 13.2 Å². The molecular formula is C25H29F4N3O6. The third-order valence-corrected chi connectivity index (χ3v) is 7.64. The molecule has 3 amide bonds. The van der Waals surface area contributed by atoms with Crippen molar-refractivity contribution in [2.24, 2.45) is 17.8 Å². The molecular weight excluding hydrogens is 514 g/mol. The Morgan fingerprint density at radius 3 is 2.58 bits per heavy atom. The lowest BCUT2D eigenvalue weighted by Gasteiger charge is -2.30. The highest BCUT2D eigenvalue weighted by Gasteiger charge is 2.51. The summed E-state index contributed by atoms with van der Waals surface area (Å²) < 4.78 is 55.6. The van der Waals surface area contributed by atoms with Gasteiger partial charge in [-0.05, 0) is 43.6 Å². The number of rotatable bonds is 9. The van der Waals surface area contributed by atoms with Crippen molar-refractivity contribution in [3.8, 4) is 0 Å². The number of hydrogen-bond acceptors (Lipinski definition) is 6. The van der Waals surface area contributed by atoms with E-state index in [4.69, 9.17) is 0 Å². The summed E-state index contributed by atoms with van der Waals surface area (Å²) in [6, 6.07) is 2.62. The maximum atomic E-state index is 14.2. The number of likely N-dealkylation sites (tertiary alicyclic amines) is 1. The number of nitrogens with one attached hydrogen (secondary N) is 2. The van der Waals surface area contributed by atoms with E-state index in [1.54, 1.807) is 0 Å². The average Bonchev–Trinajstić information content (AvgIpc) is 3.57. The van der Waals surface area contributed by atoms with Crippen molar-refractivity contribution >= 4 is 23.5 Å². The molecule has 2 heterocycles. The molecule has 13 heteroatoms. The molecule has 2 aliphatic heterocycles. The summed E-state index contributed by atoms with van der Waals surface area (Å²) in [5, 5.41) is 15.7. The van der Waals surface area contributed by atoms with Gasteiger partial charge in [0.05, 0.1) is 6.04 Å². The molecule has 3 N–H and O–H groups in total. The molecule has 5 unspecified atom stereocenters. The minimum atomic E-state index is -5.07. The summed E-state index contributed by atoms with van der Waals surface area (Å²) in [6.07, 6.45) is -4.73. The molecule has 38 heavy (non-hydrogen) atoms. The lowest BCUT2D eigenvalue weighted by molar-refractivity contribution is -0.321. The number of amides is 3. The number of carbonyl (C=O) groups is 4. The Morgan fingerprint density at radius 1 is 1.18 bits per heavy atom. The number of alkyl halides is 3. The van der Waals surface area contributed by atoms with Gasteiger partial charge in [0.1, 0.15) is 18.5 Å². The van der Waals surface area contributed by atoms with Crippen molar-refractivity contribution in [2.75, 3.05) is 19.7 Å². The van der Waals surface area contributed by atoms with E-state index in [2.05, 4.69) is 15.4 Å². The van der Waals surface area contributed by atoms with Crippen LogP contribution in [-0.4, -0.2) is 71.7 Å². The van der Waals surface area contributed by atoms with Crippen LogP contribution in [0.15, 0.2) is 24.3 Å². The number of ether oxygens (including phenoxy) is 1. The van der Waals surface area contributed by atoms with E-state index in [0.717, 1.165) is 23.8 Å². The first-order valence-corrected chi connectivity index (χ1v) is 12.5. The third kappa shape index (κ3) is 6.15. The highest BCUT2D eigenvalue weighted by Crippen LogP contribution is 2.43. The van der Waals surface area contributed by atoms with Gasteiger partial charge in [0, 0.05) is 24.6 Å². The fourth-order valence-electron chi connectivity index (χ4n) is 5.79. The number of halogens is 4. The molecule has 1 aromatic rings. The van der Waals surface area contributed by atoms with Gasteiger partial charge in [-0.3, -0.25) is 23.9 Å². The second-order valence-electron chi connectivity index (χ2n) is 9.99. The van der Waals surface area contributed by atoms with Gasteiger partial charge >= 0.3 is 6.36 Å². The number of fused-ring (bicyclic) bond motifs is 1. The maximum absolute atomic E-state index is 14.2. The van der Waals surface area contributed by atoms with E-state index in [1.807, 2.05) is 0 Å². The van der Waals surface area contributed by atoms with Gasteiger partial charge in [0.25, 0.3) is 5.91 Å². The highest BCUT2D eigenvalue weighted by atomic mass is 19.4. The molecule has 0 spiro atoms. The van der Waals surface area contributed by atoms with Crippen molar-refractivity contribution < 1.29 is 46.6 Å². The molecule has 3 aliphatic rings. The predicted molar refractivity (Wildman–Crippen MR) is 122 cm³/mol. The molecule has 9 nitrogen and oxygen atoms in total. The van der Waals surface area contributed by atoms with E-state index in [9.17, 15) is 41.8 Å². The van der Waals surface area contributed by atoms with Crippen LogP contribution < -0.4 is 10.6 Å². The number of Topliss-reactive ketones (excluding diaryl/α,β-unsaturated/α-hetero) is 1. The SMILES string of the molecule is O=C1NCCC1CC(NC(=O)[C@@H]1C2CCCC2CN1C(=O)C(O)c1ccccc1F)C(=O)COC(F)(F)F. The summed E-state index contributed by atoms with van der Waals surface area (Å²) in [5.41, 5.74) is -0.252. The molecule has 208 valence electrons. The third-order valence-electron chi connectivity index (χ3n) is 7.64. The van der Waals surface area contributed by atoms with Crippen LogP contribution in [0.3, 0.4) is 0 Å². The molecule has 0 bridgehead atoms. The van der Waals surface area contributed by atoms with Crippen LogP contribution in [-0.2, 0) is 23.9 Å². The molecule has 1 saturated carbocycles. The van der Waals surface area contributed by atoms with Gasteiger partial charge in [-0.2, -0.15) is 0 Å². The molecule has 1 aromatic carbocycles. The quantitative estimate of drug-likeness (QED) is 0.407. The molecule has 4 rings (SSSR count). The summed E-state index contributed by atoms with van der Waals surface area (Å²) in [5.74, 6) is -4.97. The highest BCUT2D eigenvalue weighted by molar-refractivity contribution is 5.95. The number of aliphatic hydroxyl groups is 1. The molecule has 0 radical (unpaired) electrons. The lowest BCUT2D eigenvalue weighted by Crippen LogP contribution is -2.54. The zero-order chi connectivity index (χ0) is 27.6. The number of hydrogen-bond donors (Lipinski definition) is 3. The van der Waals surface area contributed by atoms with E-state index >= 15 is 0 Å². The van der Waals surface area contributed by atoms with Crippen molar-refractivity contribution in [2.45, 2.75) is 56.7 Å². The van der Waals surface area contributed by atoms with Crippen molar-refractivity contribution in [3.05, 3.63) is 35.6 Å². The Kier molecular flexibility index (Phi) is 8.36. The molecule has 0 aromatic heterocycles. The summed E-state index contributed by atoms with van der Waals surface area (Å²) in [6.45, 7) is -0.887. The van der Waals surface area contributed by atoms with Crippen LogP contribution >= 0.6 is 0 Å². The zero-order valence-electron chi connectivity index (χ0n) is 20.4. The second-order valence-corrected chi connectivity index (χ2v) is 9.99. The lowest BCUT2D eigenvalue weighted by atomic mass is 9.92. The normalized spacial score (nSPS) is 26.6. The second kappa shape index (κ2) is 11.4. The van der Waals surface area contributed by atoms with Gasteiger partial charge in [0.15, 0.2) is 11.9 Å². The van der Waals surface area contributed by atoms with Gasteiger partial charge in [-0.1, -0.05) is 24.6 Å². The number of carbonyl (C=O) groups excluding carboxylic acids is 4. The van der Waals surface area contributed by atoms with Gasteiger partial charge in [-0.25, -0.2) is 4.39 Å². The van der Waals surface area contributed by atoms with Crippen LogP contribution in [0.2, 0.25) is 0 Å². The Balaban J connectivity index is 1.54. The van der Waals surface area contributed by atoms with Crippen LogP contribution in [0.4, 0.5) is 17.6 Å². The van der Waals surface area contributed by atoms with Crippen LogP contribution in [0.5, 0.6) is 0 Å². The van der Waals surface area contributed by atoms with Gasteiger partial charge in [0.2, 0.25) is 11.8 Å². The smallest absolute Gasteiger partial charge is 0.378 e. The van der Waals surface area contributed by atoms with Crippen LogP contribution in [0.1, 0.15) is 43.8 Å². The number of benzene rings is 1. The van der Waals surface area contributed by atoms with Gasteiger partial charge < -0.3 is 20.6 Å². The fourth-order valence-corrected chi connectivity index (χ4v) is 5.79. The summed E-state index contributed by atoms with van der Waals surface area (Å²) in [4.78, 5) is 52.7. The Bertz CT molecular complexity index is 1080. The summed E-state index contributed by atoms with van der Waals surface area (Å²) in [7, 11) is 0. The minimum Gasteiger partial charge on any atom is -0.378 e. The van der Waals surface area contributed by atoms with Crippen molar-refractivity contribution in [3.63, 3.8) is 0 Å². The number of ketones is 1. The molecule has 6 atom stereocenters. The number of nitrogens with zero attached hydrogens (tertiary/aromatic N) is 1. The number of aliphatic hydroxyl groups excluding tert-OH is 1. The average molecular weight is 544 g/mol. The van der Waals surface area contributed by atoms with Crippen molar-refractivity contribution in [1.82, 2.24) is 15.5 Å². The first-order valence-electron chi connectivity index (χ1n) is 12.5. The Labute approximate surface area is 215 Å². The maximum Gasteiger partial charge on any atom is 0.522 e. The monoisotopic (exact) mass is 543 g/mol. The molecule has 1 aliphatic carbocycles. The summed E-state index contributed by atoms with van der Waals surface area (Å²) >= 11 is 0. The first kappa shape index (κ1) is 28.0. The van der Waals surface area contributed by atoms with Crippen molar-refractivity contribution in [1.29, 1.82) is 0 Å². The van der Waals surface area contributed by atoms with E-state index < -0.39 is 60.5 Å². The van der Waals surface area contributed by atoms with E-state index in [1.165, 1.54) is 18.2 Å². The molecule has 3 fully saturated rings. The van der Waals surface area contributed by atoms with Crippen LogP contribution in [0, 0.1) is 23.6 Å². The van der Waals surface area contributed by atoms with E-state index in [0.29, 0.717) is 19.4 Å². The Hall–Kier alpha value is -3.06. The largest absolute Gasteiger partial charge is 0.522 e. The van der Waals surface area contributed by atoms with Crippen LogP contribution in [0.25, 0.3) is 0 Å². The van der Waals surface area contributed by atoms with E-state index in [-0.39, 0.29) is 36.3 Å². The Morgan fingerprint density at radius 2 is 1.92 bits per heavy atom. The predicted octanol–water partition coefficient (Wildman–Crippen LogP) is 1.60. The minimum absolute atomic E-state index is 0.0640. The standard InChI is InChI=1S/C25H29F4N3O6/c26-17-7-2-1-5-16(17)21(34)24(37)32-11-14-4-3-6-15(14)20(32)23(36)31-18(10-13-8-9-30-22(13)35)19(33)12-38-25(27,28)29/h1-2,5,7,13-15,18,20-21,34H,3-4,6,8-12H2,(H,30,35)(H,31,36)/t13?,14?,15?,18?,20-,21?/m0/s1. The zero-order valence-corrected chi connectivity index (χ0v) is 20.4. The molecule has 2 saturated heterocycles. The first-order chi connectivity index (χ1) is 18.0.